The first-order valence-electron chi connectivity index (χ1n) is 5.58. The van der Waals surface area contributed by atoms with Crippen molar-refractivity contribution in [2.45, 2.75) is 19.3 Å². The number of nitrogens with two attached hydrogens (primary N) is 1. The molecule has 2 atom stereocenters. The number of aromatic nitrogens is 2. The number of amides is 1. The third kappa shape index (κ3) is 2.36. The molecular weight excluding hydrogens is 204 g/mol. The molecule has 1 saturated carbocycles. The first kappa shape index (κ1) is 11.0. The topological polar surface area (TPSA) is 80.9 Å². The fourth-order valence-corrected chi connectivity index (χ4v) is 2.25. The molecule has 1 aromatic rings. The third-order valence-corrected chi connectivity index (χ3v) is 3.11. The summed E-state index contributed by atoms with van der Waals surface area (Å²) in [6.45, 7) is 0.582. The molecule has 0 aliphatic heterocycles. The number of nitrogens with one attached hydrogen (secondary N) is 1. The van der Waals surface area contributed by atoms with E-state index < -0.39 is 0 Å². The van der Waals surface area contributed by atoms with Crippen molar-refractivity contribution < 1.29 is 4.79 Å². The Labute approximate surface area is 94.5 Å². The van der Waals surface area contributed by atoms with Gasteiger partial charge < -0.3 is 11.1 Å². The first-order chi connectivity index (χ1) is 7.81. The zero-order valence-corrected chi connectivity index (χ0v) is 9.10. The molecule has 2 rings (SSSR count). The second-order valence-electron chi connectivity index (χ2n) is 4.11. The van der Waals surface area contributed by atoms with Gasteiger partial charge in [-0.25, -0.2) is 4.98 Å². The summed E-state index contributed by atoms with van der Waals surface area (Å²) in [6, 6.07) is 0. The van der Waals surface area contributed by atoms with Crippen LogP contribution in [0.5, 0.6) is 0 Å². The monoisotopic (exact) mass is 220 g/mol. The van der Waals surface area contributed by atoms with E-state index in [4.69, 9.17) is 5.73 Å². The molecule has 1 aliphatic rings. The van der Waals surface area contributed by atoms with E-state index in [1.165, 1.54) is 0 Å². The predicted molar refractivity (Wildman–Crippen MR) is 60.5 cm³/mol. The Morgan fingerprint density at radius 3 is 3.06 bits per heavy atom. The lowest BCUT2D eigenvalue weighted by molar-refractivity contribution is -0.120. The summed E-state index contributed by atoms with van der Waals surface area (Å²) < 4.78 is 0. The highest BCUT2D eigenvalue weighted by atomic mass is 16.2. The van der Waals surface area contributed by atoms with Gasteiger partial charge in [-0.1, -0.05) is 6.42 Å². The van der Waals surface area contributed by atoms with Gasteiger partial charge in [0.25, 0.3) is 0 Å². The zero-order valence-electron chi connectivity index (χ0n) is 9.10. The Morgan fingerprint density at radius 2 is 2.38 bits per heavy atom. The number of nitrogens with zero attached hydrogens (tertiary/aromatic N) is 2. The van der Waals surface area contributed by atoms with Crippen molar-refractivity contribution in [2.75, 3.05) is 11.9 Å². The van der Waals surface area contributed by atoms with Gasteiger partial charge >= 0.3 is 0 Å². The largest absolute Gasteiger partial charge is 0.330 e. The number of rotatable bonds is 3. The number of anilines is 1. The molecule has 1 amide bonds. The van der Waals surface area contributed by atoms with E-state index in [0.29, 0.717) is 18.3 Å². The van der Waals surface area contributed by atoms with Crippen molar-refractivity contribution in [1.82, 2.24) is 9.97 Å². The Hall–Kier alpha value is -1.49. The first-order valence-corrected chi connectivity index (χ1v) is 5.58. The summed E-state index contributed by atoms with van der Waals surface area (Å²) in [5.41, 5.74) is 5.65. The molecule has 5 nitrogen and oxygen atoms in total. The molecule has 1 heterocycles. The summed E-state index contributed by atoms with van der Waals surface area (Å²) in [5, 5.41) is 2.78. The predicted octanol–water partition coefficient (Wildman–Crippen LogP) is 0.790. The van der Waals surface area contributed by atoms with Gasteiger partial charge in [-0.2, -0.15) is 0 Å². The van der Waals surface area contributed by atoms with Crippen LogP contribution < -0.4 is 11.1 Å². The molecule has 5 heteroatoms. The third-order valence-electron chi connectivity index (χ3n) is 3.11. The summed E-state index contributed by atoms with van der Waals surface area (Å²) in [4.78, 5) is 19.9. The van der Waals surface area contributed by atoms with Crippen LogP contribution >= 0.6 is 0 Å². The van der Waals surface area contributed by atoms with E-state index in [1.807, 2.05) is 0 Å². The van der Waals surface area contributed by atoms with Crippen molar-refractivity contribution >= 4 is 11.7 Å². The van der Waals surface area contributed by atoms with Crippen molar-refractivity contribution in [1.29, 1.82) is 0 Å². The highest BCUT2D eigenvalue weighted by Crippen LogP contribution is 2.31. The minimum Gasteiger partial charge on any atom is -0.330 e. The quantitative estimate of drug-likeness (QED) is 0.789. The fourth-order valence-electron chi connectivity index (χ4n) is 2.25. The molecule has 2 unspecified atom stereocenters. The van der Waals surface area contributed by atoms with Crippen LogP contribution in [0.3, 0.4) is 0 Å². The SMILES string of the molecule is NCC1CCCC1C(=O)Nc1cnccn1. The second kappa shape index (κ2) is 5.03. The maximum Gasteiger partial charge on any atom is 0.229 e. The Kier molecular flexibility index (Phi) is 3.46. The van der Waals surface area contributed by atoms with Crippen LogP contribution in [0.1, 0.15) is 19.3 Å². The number of carbonyl (C=O) groups is 1. The summed E-state index contributed by atoms with van der Waals surface area (Å²) in [7, 11) is 0. The maximum atomic E-state index is 11.9. The lowest BCUT2D eigenvalue weighted by atomic mass is 9.95. The van der Waals surface area contributed by atoms with Crippen LogP contribution in [0.4, 0.5) is 5.82 Å². The Morgan fingerprint density at radius 1 is 1.50 bits per heavy atom. The van der Waals surface area contributed by atoms with Crippen LogP contribution in [-0.2, 0) is 4.79 Å². The molecule has 0 aromatic carbocycles. The van der Waals surface area contributed by atoms with Crippen LogP contribution in [0.15, 0.2) is 18.6 Å². The van der Waals surface area contributed by atoms with E-state index >= 15 is 0 Å². The molecule has 0 saturated heterocycles. The van der Waals surface area contributed by atoms with E-state index in [2.05, 4.69) is 15.3 Å². The molecule has 86 valence electrons. The van der Waals surface area contributed by atoms with E-state index in [9.17, 15) is 4.79 Å². The minimum absolute atomic E-state index is 0.0217. The molecule has 16 heavy (non-hydrogen) atoms. The summed E-state index contributed by atoms with van der Waals surface area (Å²) >= 11 is 0. The lowest BCUT2D eigenvalue weighted by Crippen LogP contribution is -2.30. The number of carbonyl (C=O) groups excluding carboxylic acids is 1. The Bertz CT molecular complexity index is 354. The van der Waals surface area contributed by atoms with Gasteiger partial charge in [0.1, 0.15) is 0 Å². The van der Waals surface area contributed by atoms with E-state index in [0.717, 1.165) is 19.3 Å². The lowest BCUT2D eigenvalue weighted by Gasteiger charge is -2.16. The van der Waals surface area contributed by atoms with Crippen molar-refractivity contribution in [3.8, 4) is 0 Å². The molecule has 1 aliphatic carbocycles. The van der Waals surface area contributed by atoms with Crippen LogP contribution in [0, 0.1) is 11.8 Å². The van der Waals surface area contributed by atoms with Crippen molar-refractivity contribution in [3.05, 3.63) is 18.6 Å². The van der Waals surface area contributed by atoms with Crippen LogP contribution in [0.25, 0.3) is 0 Å². The molecule has 0 spiro atoms. The van der Waals surface area contributed by atoms with E-state index in [1.54, 1.807) is 18.6 Å². The smallest absolute Gasteiger partial charge is 0.229 e. The number of hydrogen-bond acceptors (Lipinski definition) is 4. The van der Waals surface area contributed by atoms with Gasteiger partial charge in [-0.3, -0.25) is 9.78 Å². The maximum absolute atomic E-state index is 11.9. The van der Waals surface area contributed by atoms with Crippen LogP contribution in [0.2, 0.25) is 0 Å². The molecule has 3 N–H and O–H groups in total. The normalized spacial score (nSPS) is 24.3. The highest BCUT2D eigenvalue weighted by Gasteiger charge is 2.31. The van der Waals surface area contributed by atoms with Gasteiger partial charge in [0.2, 0.25) is 5.91 Å². The van der Waals surface area contributed by atoms with Gasteiger partial charge in [-0.05, 0) is 25.3 Å². The van der Waals surface area contributed by atoms with Gasteiger partial charge in [0, 0.05) is 18.3 Å². The molecular formula is C11H16N4O. The molecule has 0 bridgehead atoms. The average molecular weight is 220 g/mol. The Balaban J connectivity index is 1.98. The molecule has 0 radical (unpaired) electrons. The van der Waals surface area contributed by atoms with Gasteiger partial charge in [-0.15, -0.1) is 0 Å². The fraction of sp³-hybridized carbons (Fsp3) is 0.545. The standard InChI is InChI=1S/C11H16N4O/c12-6-8-2-1-3-9(8)11(16)15-10-7-13-4-5-14-10/h4-5,7-9H,1-3,6,12H2,(H,14,15,16). The van der Waals surface area contributed by atoms with Gasteiger partial charge in [0.05, 0.1) is 6.20 Å². The molecule has 1 aromatic heterocycles. The van der Waals surface area contributed by atoms with Gasteiger partial charge in [0.15, 0.2) is 5.82 Å². The second-order valence-corrected chi connectivity index (χ2v) is 4.11. The van der Waals surface area contributed by atoms with Crippen molar-refractivity contribution in [3.63, 3.8) is 0 Å². The summed E-state index contributed by atoms with van der Waals surface area (Å²) in [5.74, 6) is 0.882. The average Bonchev–Trinajstić information content (AvgIpc) is 2.78. The van der Waals surface area contributed by atoms with E-state index in [-0.39, 0.29) is 11.8 Å². The highest BCUT2D eigenvalue weighted by molar-refractivity contribution is 5.91. The number of hydrogen-bond donors (Lipinski definition) is 2. The summed E-state index contributed by atoms with van der Waals surface area (Å²) in [6.07, 6.45) is 7.74. The molecule has 1 fully saturated rings. The van der Waals surface area contributed by atoms with Crippen molar-refractivity contribution in [2.24, 2.45) is 17.6 Å². The van der Waals surface area contributed by atoms with Crippen LogP contribution in [-0.4, -0.2) is 22.4 Å². The minimum atomic E-state index is 0.0217. The zero-order chi connectivity index (χ0) is 11.4.